The first-order chi connectivity index (χ1) is 11.4. The number of carboxylic acids is 1. The van der Waals surface area contributed by atoms with Crippen molar-refractivity contribution in [1.29, 1.82) is 0 Å². The van der Waals surface area contributed by atoms with Gasteiger partial charge in [0.1, 0.15) is 0 Å². The van der Waals surface area contributed by atoms with Crippen molar-refractivity contribution in [2.45, 2.75) is 37.5 Å². The predicted molar refractivity (Wildman–Crippen MR) is 94.0 cm³/mol. The highest BCUT2D eigenvalue weighted by Crippen LogP contribution is 2.15. The fraction of sp³-hybridized carbons (Fsp3) is 0.316. The van der Waals surface area contributed by atoms with Gasteiger partial charge in [0.2, 0.25) is 0 Å². The Hall–Kier alpha value is -2.14. The van der Waals surface area contributed by atoms with Crippen LogP contribution in [0.2, 0.25) is 0 Å². The zero-order valence-corrected chi connectivity index (χ0v) is 14.6. The molecule has 0 saturated carbocycles. The molecule has 0 radical (unpaired) electrons. The van der Waals surface area contributed by atoms with Crippen molar-refractivity contribution >= 4 is 15.8 Å². The zero-order chi connectivity index (χ0) is 17.6. The summed E-state index contributed by atoms with van der Waals surface area (Å²) in [7, 11) is -3.22. The summed E-state index contributed by atoms with van der Waals surface area (Å²) in [4.78, 5) is 11.0. The summed E-state index contributed by atoms with van der Waals surface area (Å²) in [6.07, 6.45) is 2.20. The van der Waals surface area contributed by atoms with E-state index in [0.717, 1.165) is 29.5 Å². The Balaban J connectivity index is 1.82. The largest absolute Gasteiger partial charge is 0.481 e. The second-order valence-electron chi connectivity index (χ2n) is 5.98. The minimum Gasteiger partial charge on any atom is -0.481 e. The van der Waals surface area contributed by atoms with Crippen LogP contribution in [0.1, 0.15) is 29.5 Å². The van der Waals surface area contributed by atoms with Gasteiger partial charge in [0.05, 0.1) is 17.1 Å². The lowest BCUT2D eigenvalue weighted by Crippen LogP contribution is -2.07. The van der Waals surface area contributed by atoms with Gasteiger partial charge in [0.15, 0.2) is 9.84 Å². The van der Waals surface area contributed by atoms with Crippen LogP contribution in [0.25, 0.3) is 0 Å². The highest BCUT2D eigenvalue weighted by molar-refractivity contribution is 7.91. The zero-order valence-electron chi connectivity index (χ0n) is 13.7. The molecule has 128 valence electrons. The SMILES string of the molecule is Cc1ccc(S(=O)(=O)CCCCc2ccc(CC(=O)O)cc2)cc1. The Morgan fingerprint density at radius 2 is 1.50 bits per heavy atom. The molecule has 2 aromatic rings. The molecule has 24 heavy (non-hydrogen) atoms. The smallest absolute Gasteiger partial charge is 0.307 e. The Labute approximate surface area is 143 Å². The van der Waals surface area contributed by atoms with Crippen molar-refractivity contribution in [3.05, 3.63) is 65.2 Å². The summed E-state index contributed by atoms with van der Waals surface area (Å²) in [5.41, 5.74) is 2.91. The molecule has 0 aliphatic rings. The van der Waals surface area contributed by atoms with Gasteiger partial charge < -0.3 is 5.11 Å². The van der Waals surface area contributed by atoms with Gasteiger partial charge in [-0.3, -0.25) is 4.79 Å². The van der Waals surface area contributed by atoms with E-state index < -0.39 is 15.8 Å². The van der Waals surface area contributed by atoms with Gasteiger partial charge >= 0.3 is 5.97 Å². The number of aryl methyl sites for hydroxylation is 2. The van der Waals surface area contributed by atoms with E-state index in [1.165, 1.54) is 0 Å². The monoisotopic (exact) mass is 346 g/mol. The summed E-state index contributed by atoms with van der Waals surface area (Å²) in [5, 5.41) is 8.74. The van der Waals surface area contributed by atoms with Crippen molar-refractivity contribution < 1.29 is 18.3 Å². The van der Waals surface area contributed by atoms with E-state index in [4.69, 9.17) is 5.11 Å². The molecule has 0 bridgehead atoms. The lowest BCUT2D eigenvalue weighted by atomic mass is 10.1. The molecule has 0 atom stereocenters. The minimum absolute atomic E-state index is 0.0229. The lowest BCUT2D eigenvalue weighted by Gasteiger charge is -2.06. The fourth-order valence-electron chi connectivity index (χ4n) is 2.48. The van der Waals surface area contributed by atoms with Gasteiger partial charge in [-0.1, -0.05) is 42.0 Å². The summed E-state index contributed by atoms with van der Waals surface area (Å²) in [5.74, 6) is -0.697. The molecule has 0 aliphatic carbocycles. The minimum atomic E-state index is -3.22. The summed E-state index contributed by atoms with van der Waals surface area (Å²) < 4.78 is 24.5. The maximum absolute atomic E-state index is 12.2. The van der Waals surface area contributed by atoms with E-state index in [1.54, 1.807) is 12.1 Å². The first-order valence-corrected chi connectivity index (χ1v) is 9.61. The molecule has 0 fully saturated rings. The van der Waals surface area contributed by atoms with Crippen LogP contribution < -0.4 is 0 Å². The Bertz CT molecular complexity index is 775. The number of carbonyl (C=O) groups is 1. The van der Waals surface area contributed by atoms with E-state index >= 15 is 0 Å². The van der Waals surface area contributed by atoms with Crippen molar-refractivity contribution in [2.75, 3.05) is 5.75 Å². The lowest BCUT2D eigenvalue weighted by molar-refractivity contribution is -0.136. The second kappa shape index (κ2) is 8.11. The standard InChI is InChI=1S/C19H22O4S/c1-15-5-11-18(12-6-15)24(22,23)13-3-2-4-16-7-9-17(10-8-16)14-19(20)21/h5-12H,2-4,13-14H2,1H3,(H,20,21). The average Bonchev–Trinajstić information content (AvgIpc) is 2.53. The average molecular weight is 346 g/mol. The highest BCUT2D eigenvalue weighted by Gasteiger charge is 2.13. The molecule has 2 rings (SSSR count). The van der Waals surface area contributed by atoms with Crippen LogP contribution in [0.3, 0.4) is 0 Å². The quantitative estimate of drug-likeness (QED) is 0.744. The van der Waals surface area contributed by atoms with Crippen molar-refractivity contribution in [3.8, 4) is 0 Å². The number of benzene rings is 2. The Morgan fingerprint density at radius 1 is 0.917 bits per heavy atom. The Morgan fingerprint density at radius 3 is 2.08 bits per heavy atom. The molecule has 0 heterocycles. The highest BCUT2D eigenvalue weighted by atomic mass is 32.2. The van der Waals surface area contributed by atoms with Crippen molar-refractivity contribution in [2.24, 2.45) is 0 Å². The van der Waals surface area contributed by atoms with Crippen LogP contribution >= 0.6 is 0 Å². The Kier molecular flexibility index (Phi) is 6.15. The number of carboxylic acid groups (broad SMARTS) is 1. The first kappa shape index (κ1) is 18.2. The molecule has 0 aliphatic heterocycles. The number of hydrogen-bond donors (Lipinski definition) is 1. The van der Waals surface area contributed by atoms with E-state index in [0.29, 0.717) is 11.3 Å². The number of aliphatic carboxylic acids is 1. The molecule has 5 heteroatoms. The fourth-order valence-corrected chi connectivity index (χ4v) is 3.85. The van der Waals surface area contributed by atoms with Crippen LogP contribution in [0, 0.1) is 6.92 Å². The van der Waals surface area contributed by atoms with E-state index in [2.05, 4.69) is 0 Å². The molecule has 0 amide bonds. The second-order valence-corrected chi connectivity index (χ2v) is 8.09. The number of unbranched alkanes of at least 4 members (excludes halogenated alkanes) is 1. The molecule has 2 aromatic carbocycles. The van der Waals surface area contributed by atoms with E-state index in [9.17, 15) is 13.2 Å². The van der Waals surface area contributed by atoms with Crippen molar-refractivity contribution in [1.82, 2.24) is 0 Å². The molecule has 4 nitrogen and oxygen atoms in total. The summed E-state index contributed by atoms with van der Waals surface area (Å²) in [6, 6.07) is 14.4. The number of hydrogen-bond acceptors (Lipinski definition) is 3. The van der Waals surface area contributed by atoms with Crippen LogP contribution in [-0.4, -0.2) is 25.2 Å². The van der Waals surface area contributed by atoms with Crippen LogP contribution in [0.4, 0.5) is 0 Å². The van der Waals surface area contributed by atoms with Gasteiger partial charge in [0.25, 0.3) is 0 Å². The van der Waals surface area contributed by atoms with Crippen LogP contribution in [0.15, 0.2) is 53.4 Å². The first-order valence-electron chi connectivity index (χ1n) is 7.96. The van der Waals surface area contributed by atoms with Crippen molar-refractivity contribution in [3.63, 3.8) is 0 Å². The maximum Gasteiger partial charge on any atom is 0.307 e. The van der Waals surface area contributed by atoms with Gasteiger partial charge in [-0.25, -0.2) is 8.42 Å². The molecule has 0 spiro atoms. The molecule has 1 N–H and O–H groups in total. The third-order valence-corrected chi connectivity index (χ3v) is 5.70. The van der Waals surface area contributed by atoms with Gasteiger partial charge in [-0.2, -0.15) is 0 Å². The molecule has 0 saturated heterocycles. The van der Waals surface area contributed by atoms with E-state index in [-0.39, 0.29) is 12.2 Å². The summed E-state index contributed by atoms with van der Waals surface area (Å²) in [6.45, 7) is 1.93. The van der Waals surface area contributed by atoms with Gasteiger partial charge in [-0.15, -0.1) is 0 Å². The topological polar surface area (TPSA) is 71.4 Å². The number of sulfone groups is 1. The van der Waals surface area contributed by atoms with Gasteiger partial charge in [0, 0.05) is 0 Å². The van der Waals surface area contributed by atoms with Crippen LogP contribution in [0.5, 0.6) is 0 Å². The van der Waals surface area contributed by atoms with E-state index in [1.807, 2.05) is 43.3 Å². The molecular weight excluding hydrogens is 324 g/mol. The van der Waals surface area contributed by atoms with Crippen LogP contribution in [-0.2, 0) is 27.5 Å². The normalized spacial score (nSPS) is 11.4. The third kappa shape index (κ3) is 5.49. The molecule has 0 unspecified atom stereocenters. The maximum atomic E-state index is 12.2. The molecular formula is C19H22O4S. The number of rotatable bonds is 8. The summed E-state index contributed by atoms with van der Waals surface area (Å²) >= 11 is 0. The third-order valence-electron chi connectivity index (χ3n) is 3.89. The predicted octanol–water partition coefficient (Wildman–Crippen LogP) is 3.42. The van der Waals surface area contributed by atoms with Gasteiger partial charge in [-0.05, 0) is 49.4 Å². The molecule has 0 aromatic heterocycles.